The molecule has 5 rings (SSSR count). The Hall–Kier alpha value is -2.40. The lowest BCUT2D eigenvalue weighted by Gasteiger charge is -2.33. The summed E-state index contributed by atoms with van der Waals surface area (Å²) in [6.07, 6.45) is 12.1. The van der Waals surface area contributed by atoms with Gasteiger partial charge >= 0.3 is 0 Å². The molecule has 2 fully saturated rings. The minimum absolute atomic E-state index is 0.0858. The molecule has 2 aromatic rings. The van der Waals surface area contributed by atoms with Crippen molar-refractivity contribution >= 4 is 11.7 Å². The first-order chi connectivity index (χ1) is 15.7. The molecule has 1 N–H and O–H groups in total. The van der Waals surface area contributed by atoms with E-state index in [-0.39, 0.29) is 5.91 Å². The molecule has 0 unspecified atom stereocenters. The SMILES string of the molecule is CNC(=O)c1ccc(N2CCC(c3ccc4c(c3)CCN(C3CCCC3)CC4)CC2)nc1. The third kappa shape index (κ3) is 4.54. The maximum absolute atomic E-state index is 11.7. The van der Waals surface area contributed by atoms with Gasteiger partial charge in [-0.15, -0.1) is 0 Å². The lowest BCUT2D eigenvalue weighted by atomic mass is 9.87. The van der Waals surface area contributed by atoms with Crippen molar-refractivity contribution in [3.05, 3.63) is 58.8 Å². The molecule has 1 saturated carbocycles. The number of carbonyl (C=O) groups is 1. The third-order valence-electron chi connectivity index (χ3n) is 7.94. The Kier molecular flexibility index (Phi) is 6.44. The molecule has 1 aromatic carbocycles. The Morgan fingerprint density at radius 1 is 0.938 bits per heavy atom. The molecule has 3 heterocycles. The number of hydrogen-bond donors (Lipinski definition) is 1. The summed E-state index contributed by atoms with van der Waals surface area (Å²) in [5.41, 5.74) is 5.31. The predicted octanol–water partition coefficient (Wildman–Crippen LogP) is 4.17. The van der Waals surface area contributed by atoms with Crippen molar-refractivity contribution in [2.24, 2.45) is 0 Å². The van der Waals surface area contributed by atoms with Crippen LogP contribution in [0.15, 0.2) is 36.5 Å². The van der Waals surface area contributed by atoms with Gasteiger partial charge in [0.1, 0.15) is 5.82 Å². The Bertz CT molecular complexity index is 927. The van der Waals surface area contributed by atoms with Gasteiger partial charge in [0.15, 0.2) is 0 Å². The molecule has 0 bridgehead atoms. The van der Waals surface area contributed by atoms with E-state index in [1.165, 1.54) is 57.2 Å². The van der Waals surface area contributed by atoms with Crippen molar-refractivity contribution in [2.75, 3.05) is 38.1 Å². The zero-order valence-corrected chi connectivity index (χ0v) is 19.4. The number of carbonyl (C=O) groups excluding carboxylic acids is 1. The van der Waals surface area contributed by atoms with Crippen LogP contribution in [-0.2, 0) is 12.8 Å². The second-order valence-corrected chi connectivity index (χ2v) is 9.75. The molecule has 3 aliphatic rings. The van der Waals surface area contributed by atoms with Crippen molar-refractivity contribution in [2.45, 2.75) is 63.3 Å². The minimum atomic E-state index is -0.0858. The van der Waals surface area contributed by atoms with Crippen LogP contribution in [0.25, 0.3) is 0 Å². The summed E-state index contributed by atoms with van der Waals surface area (Å²) in [6, 6.07) is 12.0. The van der Waals surface area contributed by atoms with Gasteiger partial charge in [0.2, 0.25) is 0 Å². The van der Waals surface area contributed by atoms with E-state index >= 15 is 0 Å². The standard InChI is InChI=1S/C27H36N4O/c1-28-27(32)24-8-9-26(29-19-24)31-16-11-21(12-17-31)22-7-6-20-10-14-30(15-13-23(20)18-22)25-4-2-3-5-25/h6-9,18-19,21,25H,2-5,10-17H2,1H3,(H,28,32). The highest BCUT2D eigenvalue weighted by molar-refractivity contribution is 5.93. The van der Waals surface area contributed by atoms with Crippen LogP contribution in [0.5, 0.6) is 0 Å². The predicted molar refractivity (Wildman–Crippen MR) is 129 cm³/mol. The number of piperidine rings is 1. The largest absolute Gasteiger partial charge is 0.357 e. The van der Waals surface area contributed by atoms with E-state index in [0.29, 0.717) is 11.5 Å². The van der Waals surface area contributed by atoms with Crippen molar-refractivity contribution in [1.29, 1.82) is 0 Å². The average molecular weight is 433 g/mol. The summed E-state index contributed by atoms with van der Waals surface area (Å²) in [6.45, 7) is 4.51. The number of nitrogens with zero attached hydrogens (tertiary/aromatic N) is 3. The Labute approximate surface area is 192 Å². The molecule has 1 aromatic heterocycles. The number of hydrogen-bond acceptors (Lipinski definition) is 4. The van der Waals surface area contributed by atoms with E-state index in [0.717, 1.165) is 37.8 Å². The zero-order valence-electron chi connectivity index (χ0n) is 19.4. The summed E-state index contributed by atoms with van der Waals surface area (Å²) >= 11 is 0. The van der Waals surface area contributed by atoms with E-state index in [9.17, 15) is 4.79 Å². The molecule has 32 heavy (non-hydrogen) atoms. The molecule has 5 heteroatoms. The maximum atomic E-state index is 11.7. The fourth-order valence-corrected chi connectivity index (χ4v) is 5.94. The van der Waals surface area contributed by atoms with Crippen LogP contribution >= 0.6 is 0 Å². The van der Waals surface area contributed by atoms with Crippen LogP contribution in [0.2, 0.25) is 0 Å². The van der Waals surface area contributed by atoms with E-state index in [1.54, 1.807) is 24.4 Å². The van der Waals surface area contributed by atoms with E-state index in [2.05, 4.69) is 38.3 Å². The molecule has 1 saturated heterocycles. The summed E-state index contributed by atoms with van der Waals surface area (Å²) in [4.78, 5) is 21.4. The first kappa shape index (κ1) is 21.4. The highest BCUT2D eigenvalue weighted by Gasteiger charge is 2.26. The van der Waals surface area contributed by atoms with Gasteiger partial charge in [0.25, 0.3) is 5.91 Å². The van der Waals surface area contributed by atoms with Gasteiger partial charge in [-0.1, -0.05) is 31.0 Å². The highest BCUT2D eigenvalue weighted by atomic mass is 16.1. The second kappa shape index (κ2) is 9.62. The van der Waals surface area contributed by atoms with Crippen LogP contribution in [0, 0.1) is 0 Å². The average Bonchev–Trinajstić information content (AvgIpc) is 3.31. The summed E-state index contributed by atoms with van der Waals surface area (Å²) in [5.74, 6) is 1.53. The number of nitrogens with one attached hydrogen (secondary N) is 1. The van der Waals surface area contributed by atoms with Gasteiger partial charge in [-0.3, -0.25) is 9.69 Å². The molecular weight excluding hydrogens is 396 g/mol. The fraction of sp³-hybridized carbons (Fsp3) is 0.556. The summed E-state index contributed by atoms with van der Waals surface area (Å²) in [5, 5.41) is 2.65. The number of benzene rings is 1. The highest BCUT2D eigenvalue weighted by Crippen LogP contribution is 2.32. The number of aromatic nitrogens is 1. The Balaban J connectivity index is 1.20. The fourth-order valence-electron chi connectivity index (χ4n) is 5.94. The van der Waals surface area contributed by atoms with Gasteiger partial charge in [0, 0.05) is 45.5 Å². The number of fused-ring (bicyclic) bond motifs is 1. The van der Waals surface area contributed by atoms with Crippen molar-refractivity contribution < 1.29 is 4.79 Å². The quantitative estimate of drug-likeness (QED) is 0.788. The van der Waals surface area contributed by atoms with Crippen molar-refractivity contribution in [1.82, 2.24) is 15.2 Å². The lowest BCUT2D eigenvalue weighted by Crippen LogP contribution is -2.35. The minimum Gasteiger partial charge on any atom is -0.357 e. The smallest absolute Gasteiger partial charge is 0.252 e. The van der Waals surface area contributed by atoms with Crippen LogP contribution < -0.4 is 10.2 Å². The normalized spacial score (nSPS) is 20.7. The van der Waals surface area contributed by atoms with Crippen LogP contribution in [-0.4, -0.2) is 55.1 Å². The molecule has 0 radical (unpaired) electrons. The van der Waals surface area contributed by atoms with Crippen LogP contribution in [0.4, 0.5) is 5.82 Å². The molecule has 0 spiro atoms. The molecular formula is C27H36N4O. The Morgan fingerprint density at radius 2 is 1.69 bits per heavy atom. The molecule has 1 amide bonds. The van der Waals surface area contributed by atoms with Crippen molar-refractivity contribution in [3.63, 3.8) is 0 Å². The van der Waals surface area contributed by atoms with Crippen LogP contribution in [0.1, 0.15) is 71.5 Å². The van der Waals surface area contributed by atoms with Crippen LogP contribution in [0.3, 0.4) is 0 Å². The van der Waals surface area contributed by atoms with Gasteiger partial charge in [-0.2, -0.15) is 0 Å². The van der Waals surface area contributed by atoms with E-state index in [4.69, 9.17) is 0 Å². The summed E-state index contributed by atoms with van der Waals surface area (Å²) < 4.78 is 0. The first-order valence-corrected chi connectivity index (χ1v) is 12.5. The Morgan fingerprint density at radius 3 is 2.38 bits per heavy atom. The van der Waals surface area contributed by atoms with Gasteiger partial charge in [-0.25, -0.2) is 4.98 Å². The monoisotopic (exact) mass is 432 g/mol. The van der Waals surface area contributed by atoms with Gasteiger partial charge in [0.05, 0.1) is 5.56 Å². The molecule has 170 valence electrons. The van der Waals surface area contributed by atoms with Crippen molar-refractivity contribution in [3.8, 4) is 0 Å². The number of pyridine rings is 1. The molecule has 0 atom stereocenters. The molecule has 2 aliphatic heterocycles. The maximum Gasteiger partial charge on any atom is 0.252 e. The first-order valence-electron chi connectivity index (χ1n) is 12.5. The van der Waals surface area contributed by atoms with E-state index < -0.39 is 0 Å². The molecule has 1 aliphatic carbocycles. The van der Waals surface area contributed by atoms with Gasteiger partial charge in [-0.05, 0) is 73.3 Å². The van der Waals surface area contributed by atoms with E-state index in [1.807, 2.05) is 12.1 Å². The van der Waals surface area contributed by atoms with Gasteiger partial charge < -0.3 is 10.2 Å². The lowest BCUT2D eigenvalue weighted by molar-refractivity contribution is 0.0962. The summed E-state index contributed by atoms with van der Waals surface area (Å²) in [7, 11) is 1.65. The second-order valence-electron chi connectivity index (χ2n) is 9.75. The zero-order chi connectivity index (χ0) is 21.9. The number of rotatable bonds is 4. The number of anilines is 1. The number of amides is 1. The topological polar surface area (TPSA) is 48.5 Å². The molecule has 5 nitrogen and oxygen atoms in total. The third-order valence-corrected chi connectivity index (χ3v) is 7.94.